The first-order chi connectivity index (χ1) is 6.67. The van der Waals surface area contributed by atoms with Crippen LogP contribution in [0.3, 0.4) is 0 Å². The molecule has 76 valence electrons. The summed E-state index contributed by atoms with van der Waals surface area (Å²) in [6.07, 6.45) is 0. The molecule has 1 aromatic carbocycles. The minimum Gasteiger partial charge on any atom is -0.392 e. The van der Waals surface area contributed by atoms with Gasteiger partial charge < -0.3 is 10.4 Å². The van der Waals surface area contributed by atoms with Crippen LogP contribution in [0.4, 0.5) is 10.1 Å². The summed E-state index contributed by atoms with van der Waals surface area (Å²) in [6, 6.07) is 4.04. The largest absolute Gasteiger partial charge is 0.392 e. The molecule has 14 heavy (non-hydrogen) atoms. The third kappa shape index (κ3) is 2.68. The molecule has 0 heterocycles. The van der Waals surface area contributed by atoms with E-state index in [2.05, 4.69) is 5.32 Å². The van der Waals surface area contributed by atoms with Crippen LogP contribution in [0.5, 0.6) is 0 Å². The molecule has 0 unspecified atom stereocenters. The minimum atomic E-state index is -0.556. The molecule has 0 aliphatic carbocycles. The molecule has 0 aliphatic rings. The van der Waals surface area contributed by atoms with Gasteiger partial charge in [0, 0.05) is 11.3 Å². The SMILES string of the molecule is O=C(CCl)Nc1ccc(CO)c(F)c1. The van der Waals surface area contributed by atoms with E-state index >= 15 is 0 Å². The van der Waals surface area contributed by atoms with Crippen molar-refractivity contribution in [2.24, 2.45) is 0 Å². The van der Waals surface area contributed by atoms with E-state index in [-0.39, 0.29) is 18.1 Å². The normalized spacial score (nSPS) is 9.93. The highest BCUT2D eigenvalue weighted by Crippen LogP contribution is 2.14. The van der Waals surface area contributed by atoms with Gasteiger partial charge in [0.05, 0.1) is 6.61 Å². The Morgan fingerprint density at radius 1 is 1.57 bits per heavy atom. The van der Waals surface area contributed by atoms with E-state index in [0.717, 1.165) is 6.07 Å². The number of nitrogens with one attached hydrogen (secondary N) is 1. The van der Waals surface area contributed by atoms with Crippen molar-refractivity contribution in [3.63, 3.8) is 0 Å². The Kier molecular flexibility index (Phi) is 3.85. The van der Waals surface area contributed by atoms with Crippen LogP contribution in [0.2, 0.25) is 0 Å². The van der Waals surface area contributed by atoms with Crippen molar-refractivity contribution < 1.29 is 14.3 Å². The first-order valence-corrected chi connectivity index (χ1v) is 4.46. The molecule has 0 saturated carbocycles. The van der Waals surface area contributed by atoms with E-state index in [9.17, 15) is 9.18 Å². The summed E-state index contributed by atoms with van der Waals surface area (Å²) in [4.78, 5) is 10.8. The predicted molar refractivity (Wildman–Crippen MR) is 51.7 cm³/mol. The van der Waals surface area contributed by atoms with Crippen molar-refractivity contribution in [2.45, 2.75) is 6.61 Å². The fourth-order valence-electron chi connectivity index (χ4n) is 0.948. The number of aliphatic hydroxyl groups excluding tert-OH is 1. The Balaban J connectivity index is 2.81. The molecule has 3 nitrogen and oxygen atoms in total. The fraction of sp³-hybridized carbons (Fsp3) is 0.222. The van der Waals surface area contributed by atoms with Gasteiger partial charge in [-0.1, -0.05) is 6.07 Å². The van der Waals surface area contributed by atoms with E-state index < -0.39 is 11.7 Å². The predicted octanol–water partition coefficient (Wildman–Crippen LogP) is 1.50. The minimum absolute atomic E-state index is 0.177. The Hall–Kier alpha value is -1.13. The van der Waals surface area contributed by atoms with Crippen LogP contribution in [0.25, 0.3) is 0 Å². The van der Waals surface area contributed by atoms with Crippen molar-refractivity contribution >= 4 is 23.2 Å². The molecule has 0 bridgehead atoms. The van der Waals surface area contributed by atoms with E-state index in [1.54, 1.807) is 0 Å². The number of benzene rings is 1. The van der Waals surface area contributed by atoms with E-state index in [4.69, 9.17) is 16.7 Å². The first kappa shape index (κ1) is 10.9. The van der Waals surface area contributed by atoms with Crippen LogP contribution in [-0.2, 0) is 11.4 Å². The quantitative estimate of drug-likeness (QED) is 0.754. The zero-order valence-corrected chi connectivity index (χ0v) is 8.01. The van der Waals surface area contributed by atoms with Gasteiger partial charge in [-0.15, -0.1) is 11.6 Å². The number of aliphatic hydroxyl groups is 1. The second-order valence-electron chi connectivity index (χ2n) is 2.65. The van der Waals surface area contributed by atoms with Crippen LogP contribution < -0.4 is 5.32 Å². The lowest BCUT2D eigenvalue weighted by Gasteiger charge is -2.04. The molecule has 5 heteroatoms. The third-order valence-electron chi connectivity index (χ3n) is 1.63. The molecule has 0 aromatic heterocycles. The molecular formula is C9H9ClFNO2. The van der Waals surface area contributed by atoms with Crippen molar-refractivity contribution in [3.05, 3.63) is 29.6 Å². The lowest BCUT2D eigenvalue weighted by molar-refractivity contribution is -0.113. The molecule has 0 aliphatic heterocycles. The van der Waals surface area contributed by atoms with Crippen molar-refractivity contribution in [1.29, 1.82) is 0 Å². The zero-order chi connectivity index (χ0) is 10.6. The molecule has 1 aromatic rings. The van der Waals surface area contributed by atoms with Gasteiger partial charge in [-0.3, -0.25) is 4.79 Å². The Morgan fingerprint density at radius 2 is 2.29 bits per heavy atom. The second-order valence-corrected chi connectivity index (χ2v) is 2.91. The van der Waals surface area contributed by atoms with Crippen LogP contribution in [0.15, 0.2) is 18.2 Å². The molecule has 0 saturated heterocycles. The number of rotatable bonds is 3. The van der Waals surface area contributed by atoms with Gasteiger partial charge in [0.2, 0.25) is 5.91 Å². The summed E-state index contributed by atoms with van der Waals surface area (Å²) >= 11 is 5.25. The smallest absolute Gasteiger partial charge is 0.239 e. The van der Waals surface area contributed by atoms with Crippen LogP contribution >= 0.6 is 11.6 Å². The van der Waals surface area contributed by atoms with Crippen molar-refractivity contribution in [1.82, 2.24) is 0 Å². The lowest BCUT2D eigenvalue weighted by Crippen LogP contribution is -2.12. The van der Waals surface area contributed by atoms with Crippen LogP contribution in [0.1, 0.15) is 5.56 Å². The van der Waals surface area contributed by atoms with Gasteiger partial charge in [0.1, 0.15) is 11.7 Å². The van der Waals surface area contributed by atoms with Crippen LogP contribution in [-0.4, -0.2) is 16.9 Å². The highest BCUT2D eigenvalue weighted by atomic mass is 35.5. The highest BCUT2D eigenvalue weighted by Gasteiger charge is 2.04. The van der Waals surface area contributed by atoms with Crippen molar-refractivity contribution in [2.75, 3.05) is 11.2 Å². The van der Waals surface area contributed by atoms with Gasteiger partial charge in [0.15, 0.2) is 0 Å². The Labute approximate surface area is 85.5 Å². The van der Waals surface area contributed by atoms with Crippen LogP contribution in [0, 0.1) is 5.82 Å². The van der Waals surface area contributed by atoms with Gasteiger partial charge >= 0.3 is 0 Å². The van der Waals surface area contributed by atoms with Gasteiger partial charge in [-0.2, -0.15) is 0 Å². The summed E-state index contributed by atoms with van der Waals surface area (Å²) in [6.45, 7) is -0.366. The maximum Gasteiger partial charge on any atom is 0.239 e. The number of carbonyl (C=O) groups excluding carboxylic acids is 1. The summed E-state index contributed by atoms with van der Waals surface area (Å²) < 4.78 is 13.1. The Bertz CT molecular complexity index is 344. The van der Waals surface area contributed by atoms with E-state index in [1.165, 1.54) is 12.1 Å². The molecule has 2 N–H and O–H groups in total. The first-order valence-electron chi connectivity index (χ1n) is 3.92. The summed E-state index contributed by atoms with van der Waals surface area (Å²) in [5.41, 5.74) is 0.513. The maximum atomic E-state index is 13.1. The zero-order valence-electron chi connectivity index (χ0n) is 7.26. The Morgan fingerprint density at radius 3 is 2.79 bits per heavy atom. The lowest BCUT2D eigenvalue weighted by atomic mass is 10.2. The van der Waals surface area contributed by atoms with E-state index in [0.29, 0.717) is 5.69 Å². The average molecular weight is 218 g/mol. The third-order valence-corrected chi connectivity index (χ3v) is 1.87. The molecule has 0 fully saturated rings. The second kappa shape index (κ2) is 4.93. The summed E-state index contributed by atoms with van der Waals surface area (Å²) in [5, 5.41) is 11.1. The number of amides is 1. The molecule has 0 atom stereocenters. The van der Waals surface area contributed by atoms with Gasteiger partial charge in [0.25, 0.3) is 0 Å². The molecule has 0 spiro atoms. The maximum absolute atomic E-state index is 13.1. The topological polar surface area (TPSA) is 49.3 Å². The number of anilines is 1. The van der Waals surface area contributed by atoms with E-state index in [1.807, 2.05) is 0 Å². The average Bonchev–Trinajstić information content (AvgIpc) is 2.18. The summed E-state index contributed by atoms with van der Waals surface area (Å²) in [5.74, 6) is -1.13. The standard InChI is InChI=1S/C9H9ClFNO2/c10-4-9(14)12-7-2-1-6(5-13)8(11)3-7/h1-3,13H,4-5H2,(H,12,14). The number of hydrogen-bond donors (Lipinski definition) is 2. The van der Waals surface area contributed by atoms with Gasteiger partial charge in [-0.25, -0.2) is 4.39 Å². The molecule has 1 amide bonds. The molecular weight excluding hydrogens is 209 g/mol. The van der Waals surface area contributed by atoms with Gasteiger partial charge in [-0.05, 0) is 12.1 Å². The molecule has 0 radical (unpaired) electrons. The molecule has 1 rings (SSSR count). The monoisotopic (exact) mass is 217 g/mol. The number of halogens is 2. The number of carbonyl (C=O) groups is 1. The number of hydrogen-bond acceptors (Lipinski definition) is 2. The highest BCUT2D eigenvalue weighted by molar-refractivity contribution is 6.29. The fourth-order valence-corrected chi connectivity index (χ4v) is 1.01. The summed E-state index contributed by atoms with van der Waals surface area (Å²) in [7, 11) is 0. The number of alkyl halides is 1. The van der Waals surface area contributed by atoms with Crippen molar-refractivity contribution in [3.8, 4) is 0 Å².